The Morgan fingerprint density at radius 2 is 1.36 bits per heavy atom. The van der Waals surface area contributed by atoms with Crippen LogP contribution in [-0.4, -0.2) is 20.4 Å². The molecule has 2 aromatic rings. The molecule has 0 radical (unpaired) electrons. The molecule has 6 heteroatoms. The summed E-state index contributed by atoms with van der Waals surface area (Å²) in [4.78, 5) is 0. The maximum absolute atomic E-state index is 3.89. The van der Waals surface area contributed by atoms with Crippen LogP contribution in [-0.2, 0) is 0 Å². The van der Waals surface area contributed by atoms with Crippen molar-refractivity contribution < 1.29 is 0 Å². The molecule has 14 heavy (non-hydrogen) atoms. The Balaban J connectivity index is 2.40. The van der Waals surface area contributed by atoms with Crippen molar-refractivity contribution in [2.45, 2.75) is 0 Å². The third kappa shape index (κ3) is 2.13. The fourth-order valence-electron chi connectivity index (χ4n) is 0.932. The van der Waals surface area contributed by atoms with Crippen molar-refractivity contribution in [2.75, 3.05) is 0 Å². The number of aromatic nitrogens is 4. The van der Waals surface area contributed by atoms with E-state index in [9.17, 15) is 0 Å². The van der Waals surface area contributed by atoms with Gasteiger partial charge in [0.2, 0.25) is 10.6 Å². The molecule has 0 N–H and O–H groups in total. The predicted octanol–water partition coefficient (Wildman–Crippen LogP) is 2.46. The third-order valence-corrected chi connectivity index (χ3v) is 2.40. The van der Waals surface area contributed by atoms with Crippen LogP contribution in [0.2, 0.25) is 0 Å². The summed E-state index contributed by atoms with van der Waals surface area (Å²) in [6.07, 6.45) is 0. The van der Waals surface area contributed by atoms with E-state index in [1.165, 1.54) is 0 Å². The minimum atomic E-state index is 0.387. The summed E-state index contributed by atoms with van der Waals surface area (Å²) in [5.41, 5.74) is 0.890. The van der Waals surface area contributed by atoms with Crippen molar-refractivity contribution in [1.82, 2.24) is 20.4 Å². The van der Waals surface area contributed by atoms with Crippen LogP contribution in [0.3, 0.4) is 0 Å². The molecule has 0 unspecified atom stereocenters. The highest BCUT2D eigenvalue weighted by molar-refractivity contribution is 9.10. The number of halogens is 2. The molecule has 0 aliphatic carbocycles. The second-order valence-corrected chi connectivity index (χ2v) is 4.12. The van der Waals surface area contributed by atoms with Crippen LogP contribution in [0, 0.1) is 0 Å². The van der Waals surface area contributed by atoms with Gasteiger partial charge in [0.25, 0.3) is 0 Å². The highest BCUT2D eigenvalue weighted by atomic mass is 79.9. The average molecular weight is 316 g/mol. The molecule has 0 aliphatic rings. The van der Waals surface area contributed by atoms with Crippen LogP contribution in [0.1, 0.15) is 0 Å². The Morgan fingerprint density at radius 1 is 0.786 bits per heavy atom. The molecule has 70 valence electrons. The van der Waals surface area contributed by atoms with Gasteiger partial charge in [-0.15, -0.1) is 20.4 Å². The van der Waals surface area contributed by atoms with Gasteiger partial charge in [-0.2, -0.15) is 0 Å². The first kappa shape index (κ1) is 9.67. The standard InChI is InChI=1S/C8H4Br2N4/c9-6-3-1-5(2-4-6)7-11-13-8(10)14-12-7/h1-4H. The molecule has 1 heterocycles. The fourth-order valence-corrected chi connectivity index (χ4v) is 1.35. The van der Waals surface area contributed by atoms with Gasteiger partial charge >= 0.3 is 0 Å². The highest BCUT2D eigenvalue weighted by Crippen LogP contribution is 2.17. The SMILES string of the molecule is Brc1ccc(-c2nnc(Br)nn2)cc1. The monoisotopic (exact) mass is 314 g/mol. The van der Waals surface area contributed by atoms with Crippen LogP contribution in [0.15, 0.2) is 33.5 Å². The lowest BCUT2D eigenvalue weighted by molar-refractivity contribution is 0.835. The summed E-state index contributed by atoms with van der Waals surface area (Å²) in [6.45, 7) is 0. The quantitative estimate of drug-likeness (QED) is 0.811. The minimum Gasteiger partial charge on any atom is -0.125 e. The number of hydrogen-bond donors (Lipinski definition) is 0. The van der Waals surface area contributed by atoms with Crippen LogP contribution >= 0.6 is 31.9 Å². The van der Waals surface area contributed by atoms with Gasteiger partial charge in [0, 0.05) is 10.0 Å². The van der Waals surface area contributed by atoms with Crippen molar-refractivity contribution in [2.24, 2.45) is 0 Å². The normalized spacial score (nSPS) is 10.1. The smallest absolute Gasteiger partial charge is 0.125 e. The summed E-state index contributed by atoms with van der Waals surface area (Å²) < 4.78 is 1.40. The Bertz CT molecular complexity index is 383. The molecule has 0 amide bonds. The predicted molar refractivity (Wildman–Crippen MR) is 58.5 cm³/mol. The largest absolute Gasteiger partial charge is 0.238 e. The molecule has 4 nitrogen and oxygen atoms in total. The highest BCUT2D eigenvalue weighted by Gasteiger charge is 2.01. The first-order valence-electron chi connectivity index (χ1n) is 3.74. The minimum absolute atomic E-state index is 0.387. The molecular weight excluding hydrogens is 312 g/mol. The van der Waals surface area contributed by atoms with E-state index >= 15 is 0 Å². The first-order valence-corrected chi connectivity index (χ1v) is 5.33. The topological polar surface area (TPSA) is 51.6 Å². The van der Waals surface area contributed by atoms with Crippen molar-refractivity contribution in [3.8, 4) is 11.4 Å². The van der Waals surface area contributed by atoms with E-state index < -0.39 is 0 Å². The second kappa shape index (κ2) is 4.10. The lowest BCUT2D eigenvalue weighted by Gasteiger charge is -1.97. The lowest BCUT2D eigenvalue weighted by atomic mass is 10.2. The number of nitrogens with zero attached hydrogens (tertiary/aromatic N) is 4. The zero-order valence-electron chi connectivity index (χ0n) is 6.85. The van der Waals surface area contributed by atoms with Crippen molar-refractivity contribution >= 4 is 31.9 Å². The molecule has 0 aliphatic heterocycles. The van der Waals surface area contributed by atoms with Crippen LogP contribution in [0.25, 0.3) is 11.4 Å². The van der Waals surface area contributed by atoms with Crippen molar-refractivity contribution in [3.63, 3.8) is 0 Å². The number of hydrogen-bond acceptors (Lipinski definition) is 4. The molecular formula is C8H4Br2N4. The Hall–Kier alpha value is -0.880. The Morgan fingerprint density at radius 3 is 1.93 bits per heavy atom. The zero-order valence-corrected chi connectivity index (χ0v) is 10.0. The van der Waals surface area contributed by atoms with Crippen LogP contribution < -0.4 is 0 Å². The molecule has 0 atom stereocenters. The van der Waals surface area contributed by atoms with E-state index in [1.54, 1.807) is 0 Å². The second-order valence-electron chi connectivity index (χ2n) is 2.50. The van der Waals surface area contributed by atoms with Gasteiger partial charge in [-0.05, 0) is 40.2 Å². The average Bonchev–Trinajstić information content (AvgIpc) is 2.21. The van der Waals surface area contributed by atoms with Gasteiger partial charge in [0.05, 0.1) is 0 Å². The van der Waals surface area contributed by atoms with E-state index in [-0.39, 0.29) is 0 Å². The van der Waals surface area contributed by atoms with Gasteiger partial charge in [-0.1, -0.05) is 15.9 Å². The van der Waals surface area contributed by atoms with E-state index in [0.717, 1.165) is 10.0 Å². The van der Waals surface area contributed by atoms with Crippen molar-refractivity contribution in [3.05, 3.63) is 33.5 Å². The zero-order chi connectivity index (χ0) is 9.97. The maximum Gasteiger partial charge on any atom is 0.238 e. The van der Waals surface area contributed by atoms with E-state index in [1.807, 2.05) is 24.3 Å². The molecule has 0 fully saturated rings. The van der Waals surface area contributed by atoms with Gasteiger partial charge < -0.3 is 0 Å². The maximum atomic E-state index is 3.89. The van der Waals surface area contributed by atoms with Gasteiger partial charge in [0.15, 0.2) is 0 Å². The van der Waals surface area contributed by atoms with Gasteiger partial charge in [-0.3, -0.25) is 0 Å². The van der Waals surface area contributed by atoms with Crippen LogP contribution in [0.4, 0.5) is 0 Å². The molecule has 1 aromatic carbocycles. The molecule has 2 rings (SSSR count). The summed E-state index contributed by atoms with van der Waals surface area (Å²) in [6, 6.07) is 7.63. The van der Waals surface area contributed by atoms with E-state index in [4.69, 9.17) is 0 Å². The third-order valence-electron chi connectivity index (χ3n) is 1.56. The fraction of sp³-hybridized carbons (Fsp3) is 0. The number of benzene rings is 1. The molecule has 0 spiro atoms. The van der Waals surface area contributed by atoms with Crippen molar-refractivity contribution in [1.29, 1.82) is 0 Å². The van der Waals surface area contributed by atoms with E-state index in [0.29, 0.717) is 10.6 Å². The Labute approximate surface area is 97.0 Å². The Kier molecular flexibility index (Phi) is 2.83. The molecule has 0 saturated carbocycles. The van der Waals surface area contributed by atoms with Crippen LogP contribution in [0.5, 0.6) is 0 Å². The lowest BCUT2D eigenvalue weighted by Crippen LogP contribution is -1.95. The van der Waals surface area contributed by atoms with Gasteiger partial charge in [-0.25, -0.2) is 0 Å². The first-order chi connectivity index (χ1) is 6.75. The van der Waals surface area contributed by atoms with Gasteiger partial charge in [0.1, 0.15) is 0 Å². The number of rotatable bonds is 1. The van der Waals surface area contributed by atoms with E-state index in [2.05, 4.69) is 52.3 Å². The molecule has 0 bridgehead atoms. The summed E-state index contributed by atoms with van der Waals surface area (Å²) in [5.74, 6) is 0.515. The molecule has 1 aromatic heterocycles. The molecule has 0 saturated heterocycles. The summed E-state index contributed by atoms with van der Waals surface area (Å²) in [7, 11) is 0. The summed E-state index contributed by atoms with van der Waals surface area (Å²) in [5, 5.41) is 15.3. The summed E-state index contributed by atoms with van der Waals surface area (Å²) >= 11 is 6.42.